The molecule has 0 aliphatic heterocycles. The van der Waals surface area contributed by atoms with Crippen LogP contribution in [0.4, 0.5) is 4.79 Å². The second kappa shape index (κ2) is 6.72. The first-order valence-corrected chi connectivity index (χ1v) is 9.90. The van der Waals surface area contributed by atoms with Gasteiger partial charge in [-0.1, -0.05) is 0 Å². The summed E-state index contributed by atoms with van der Waals surface area (Å²) in [6.07, 6.45) is 8.88. The fraction of sp³-hybridized carbons (Fsp3) is 0.700. The van der Waals surface area contributed by atoms with Crippen molar-refractivity contribution in [1.82, 2.24) is 10.6 Å². The van der Waals surface area contributed by atoms with Crippen LogP contribution < -0.4 is 15.5 Å². The first kappa shape index (κ1) is 17.6. The van der Waals surface area contributed by atoms with Crippen LogP contribution in [-0.2, 0) is 11.3 Å². The van der Waals surface area contributed by atoms with Crippen LogP contribution in [0.2, 0.25) is 0 Å². The van der Waals surface area contributed by atoms with E-state index in [-0.39, 0.29) is 23.5 Å². The topological polar surface area (TPSA) is 75.8 Å². The van der Waals surface area contributed by atoms with E-state index in [1.807, 2.05) is 26.1 Å². The molecule has 0 radical (unpaired) electrons. The van der Waals surface area contributed by atoms with E-state index in [1.54, 1.807) is 6.26 Å². The zero-order chi connectivity index (χ0) is 18.3. The zero-order valence-electron chi connectivity index (χ0n) is 15.7. The summed E-state index contributed by atoms with van der Waals surface area (Å²) < 4.78 is 5.34. The van der Waals surface area contributed by atoms with E-state index in [0.29, 0.717) is 6.54 Å². The van der Waals surface area contributed by atoms with Crippen molar-refractivity contribution in [2.24, 2.45) is 17.8 Å². The molecule has 6 nitrogen and oxygen atoms in total. The minimum Gasteiger partial charge on any atom is -0.463 e. The fourth-order valence-corrected chi connectivity index (χ4v) is 5.82. The third-order valence-corrected chi connectivity index (χ3v) is 6.82. The Bertz CT molecular complexity index is 635. The van der Waals surface area contributed by atoms with Gasteiger partial charge in [0.05, 0.1) is 13.3 Å². The summed E-state index contributed by atoms with van der Waals surface area (Å²) >= 11 is 0. The smallest absolute Gasteiger partial charge is 0.322 e. The number of carbonyl (C=O) groups is 2. The molecule has 4 bridgehead atoms. The largest absolute Gasteiger partial charge is 0.463 e. The summed E-state index contributed by atoms with van der Waals surface area (Å²) in [5.41, 5.74) is -0.0741. The van der Waals surface area contributed by atoms with E-state index >= 15 is 0 Å². The van der Waals surface area contributed by atoms with Crippen LogP contribution in [0.25, 0.3) is 0 Å². The minimum absolute atomic E-state index is 0.0741. The van der Waals surface area contributed by atoms with Crippen molar-refractivity contribution >= 4 is 11.9 Å². The number of hydrogen-bond donors (Lipinski definition) is 3. The lowest BCUT2D eigenvalue weighted by Crippen LogP contribution is -3.12. The molecule has 5 rings (SSSR count). The van der Waals surface area contributed by atoms with Crippen LogP contribution >= 0.6 is 0 Å². The fourth-order valence-electron chi connectivity index (χ4n) is 5.82. The Labute approximate surface area is 154 Å². The summed E-state index contributed by atoms with van der Waals surface area (Å²) in [6.45, 7) is 2.45. The summed E-state index contributed by atoms with van der Waals surface area (Å²) in [5, 5.41) is 5.77. The number of nitrogens with one attached hydrogen (secondary N) is 3. The third-order valence-electron chi connectivity index (χ3n) is 6.82. The molecule has 0 spiro atoms. The molecule has 26 heavy (non-hydrogen) atoms. The highest BCUT2D eigenvalue weighted by Gasteiger charge is 2.51. The van der Waals surface area contributed by atoms with Gasteiger partial charge in [0.25, 0.3) is 5.91 Å². The third kappa shape index (κ3) is 3.52. The maximum atomic E-state index is 12.5. The maximum absolute atomic E-state index is 12.5. The van der Waals surface area contributed by atoms with Gasteiger partial charge in [-0.25, -0.2) is 4.79 Å². The van der Waals surface area contributed by atoms with E-state index in [0.717, 1.165) is 47.7 Å². The lowest BCUT2D eigenvalue weighted by Gasteiger charge is -2.56. The molecular weight excluding hydrogens is 330 g/mol. The van der Waals surface area contributed by atoms with Crippen LogP contribution in [0.5, 0.6) is 0 Å². The molecule has 0 aromatic carbocycles. The number of carbonyl (C=O) groups excluding carboxylic acids is 2. The van der Waals surface area contributed by atoms with E-state index in [9.17, 15) is 9.59 Å². The Kier molecular flexibility index (Phi) is 4.55. The molecule has 6 heteroatoms. The standard InChI is InChI=1S/C20H29N3O3/c1-13(23(2)12-17-4-3-5-26-17)18(24)21-19(25)22-20-9-14-6-15(10-20)8-16(7-14)11-20/h3-5,13-16H,6-12H2,1-2H3,(H2,21,22,24,25)/p+1/t13-,14?,15?,16?,20?/m0/s1. The molecule has 3 N–H and O–H groups in total. The highest BCUT2D eigenvalue weighted by atomic mass is 16.3. The molecule has 1 heterocycles. The molecule has 0 saturated heterocycles. The molecule has 4 saturated carbocycles. The first-order valence-electron chi connectivity index (χ1n) is 9.90. The van der Waals surface area contributed by atoms with E-state index in [1.165, 1.54) is 19.3 Å². The van der Waals surface area contributed by atoms with Crippen LogP contribution in [-0.4, -0.2) is 30.6 Å². The Hall–Kier alpha value is -1.82. The van der Waals surface area contributed by atoms with Crippen LogP contribution in [0.15, 0.2) is 22.8 Å². The van der Waals surface area contributed by atoms with E-state index < -0.39 is 0 Å². The van der Waals surface area contributed by atoms with Gasteiger partial charge in [0.1, 0.15) is 6.54 Å². The van der Waals surface area contributed by atoms with Gasteiger partial charge in [-0.15, -0.1) is 0 Å². The molecule has 4 aliphatic rings. The van der Waals surface area contributed by atoms with E-state index in [2.05, 4.69) is 10.6 Å². The minimum atomic E-state index is -0.331. The predicted octanol–water partition coefficient (Wildman–Crippen LogP) is 1.48. The Balaban J connectivity index is 1.31. The monoisotopic (exact) mass is 360 g/mol. The molecule has 2 atom stereocenters. The molecule has 1 aromatic rings. The molecule has 1 unspecified atom stereocenters. The maximum Gasteiger partial charge on any atom is 0.322 e. The van der Waals surface area contributed by atoms with E-state index in [4.69, 9.17) is 4.42 Å². The SMILES string of the molecule is C[C@@H](C(=O)NC(=O)NC12CC3CC(CC(C3)C1)C2)[NH+](C)Cc1ccco1. The quantitative estimate of drug-likeness (QED) is 0.744. The highest BCUT2D eigenvalue weighted by Crippen LogP contribution is 2.55. The summed E-state index contributed by atoms with van der Waals surface area (Å²) in [6, 6.07) is 3.08. The Morgan fingerprint density at radius 3 is 2.38 bits per heavy atom. The van der Waals surface area contributed by atoms with Crippen molar-refractivity contribution in [3.05, 3.63) is 24.2 Å². The Morgan fingerprint density at radius 2 is 1.85 bits per heavy atom. The molecule has 4 fully saturated rings. The van der Waals surface area contributed by atoms with Crippen LogP contribution in [0.1, 0.15) is 51.2 Å². The number of quaternary nitrogens is 1. The van der Waals surface area contributed by atoms with Crippen molar-refractivity contribution in [3.63, 3.8) is 0 Å². The van der Waals surface area contributed by atoms with Crippen LogP contribution in [0.3, 0.4) is 0 Å². The second-order valence-corrected chi connectivity index (χ2v) is 8.97. The van der Waals surface area contributed by atoms with Crippen molar-refractivity contribution in [2.45, 2.75) is 63.6 Å². The van der Waals surface area contributed by atoms with Crippen molar-refractivity contribution in [2.75, 3.05) is 7.05 Å². The predicted molar refractivity (Wildman–Crippen MR) is 96.3 cm³/mol. The number of rotatable bonds is 5. The number of urea groups is 1. The number of imide groups is 1. The van der Waals surface area contributed by atoms with Gasteiger partial charge in [0, 0.05) is 5.54 Å². The van der Waals surface area contributed by atoms with Gasteiger partial charge in [0.2, 0.25) is 0 Å². The lowest BCUT2D eigenvalue weighted by molar-refractivity contribution is -0.909. The van der Waals surface area contributed by atoms with Crippen molar-refractivity contribution in [3.8, 4) is 0 Å². The summed E-state index contributed by atoms with van der Waals surface area (Å²) in [5.74, 6) is 2.89. The Morgan fingerprint density at radius 1 is 1.23 bits per heavy atom. The van der Waals surface area contributed by atoms with Gasteiger partial charge >= 0.3 is 6.03 Å². The zero-order valence-corrected chi connectivity index (χ0v) is 15.7. The summed E-state index contributed by atoms with van der Waals surface area (Å²) in [7, 11) is 1.93. The number of likely N-dealkylation sites (N-methyl/N-ethyl adjacent to an activating group) is 1. The number of hydrogen-bond acceptors (Lipinski definition) is 3. The summed E-state index contributed by atoms with van der Waals surface area (Å²) in [4.78, 5) is 26.0. The van der Waals surface area contributed by atoms with Gasteiger partial charge in [-0.3, -0.25) is 10.1 Å². The van der Waals surface area contributed by atoms with Crippen molar-refractivity contribution < 1.29 is 18.9 Å². The number of amides is 3. The molecule has 142 valence electrons. The number of furan rings is 1. The van der Waals surface area contributed by atoms with Gasteiger partial charge in [0.15, 0.2) is 11.8 Å². The first-order chi connectivity index (χ1) is 12.4. The molecule has 3 amide bonds. The highest BCUT2D eigenvalue weighted by molar-refractivity contribution is 5.96. The lowest BCUT2D eigenvalue weighted by atomic mass is 9.53. The normalized spacial score (nSPS) is 34.3. The van der Waals surface area contributed by atoms with Gasteiger partial charge in [-0.05, 0) is 75.3 Å². The molecule has 4 aliphatic carbocycles. The average molecular weight is 360 g/mol. The second-order valence-electron chi connectivity index (χ2n) is 8.97. The molecule has 1 aromatic heterocycles. The van der Waals surface area contributed by atoms with Gasteiger partial charge in [-0.2, -0.15) is 0 Å². The van der Waals surface area contributed by atoms with Gasteiger partial charge < -0.3 is 14.6 Å². The van der Waals surface area contributed by atoms with Crippen LogP contribution in [0, 0.1) is 17.8 Å². The van der Waals surface area contributed by atoms with Crippen molar-refractivity contribution in [1.29, 1.82) is 0 Å². The molecular formula is C20H30N3O3+. The average Bonchev–Trinajstić information content (AvgIpc) is 3.04.